The molecule has 0 atom stereocenters. The number of esters is 1. The van der Waals surface area contributed by atoms with Gasteiger partial charge in [-0.25, -0.2) is 9.59 Å². The molecule has 0 aliphatic rings. The molecule has 7 heteroatoms. The number of anilines is 1. The minimum absolute atomic E-state index is 0.0435. The summed E-state index contributed by atoms with van der Waals surface area (Å²) in [6.45, 7) is -0.797. The van der Waals surface area contributed by atoms with Crippen molar-refractivity contribution in [1.29, 1.82) is 0 Å². The Bertz CT molecular complexity index is 1660. The molecular formula is C34H28NO5P. The molecule has 0 radical (unpaired) electrons. The molecule has 0 bridgehead atoms. The molecule has 1 N–H and O–H groups in total. The van der Waals surface area contributed by atoms with Gasteiger partial charge in [0.05, 0.1) is 6.61 Å². The molecule has 0 fully saturated rings. The SMILES string of the molecule is CCOC(=O)c1cc(NC(=O)c2ccccc2)c(=O)oc1C=P(c1ccccc1)(c1ccccc1)c1ccccc1. The van der Waals surface area contributed by atoms with E-state index >= 15 is 0 Å². The van der Waals surface area contributed by atoms with Gasteiger partial charge in [-0.3, -0.25) is 4.79 Å². The van der Waals surface area contributed by atoms with Crippen LogP contribution < -0.4 is 26.9 Å². The van der Waals surface area contributed by atoms with Crippen LogP contribution in [0.2, 0.25) is 0 Å². The normalized spacial score (nSPS) is 11.0. The number of carbonyl (C=O) groups excluding carboxylic acids is 2. The van der Waals surface area contributed by atoms with Crippen molar-refractivity contribution in [3.8, 4) is 0 Å². The highest BCUT2D eigenvalue weighted by Gasteiger charge is 2.28. The molecule has 0 unspecified atom stereocenters. The minimum Gasteiger partial charge on any atom is -0.462 e. The molecule has 0 spiro atoms. The lowest BCUT2D eigenvalue weighted by molar-refractivity contribution is 0.0523. The second-order valence-electron chi connectivity index (χ2n) is 9.12. The van der Waals surface area contributed by atoms with Crippen LogP contribution in [-0.2, 0) is 4.74 Å². The van der Waals surface area contributed by atoms with E-state index in [1.54, 1.807) is 37.3 Å². The van der Waals surface area contributed by atoms with E-state index in [1.807, 2.05) is 96.8 Å². The first-order valence-electron chi connectivity index (χ1n) is 13.2. The highest BCUT2D eigenvalue weighted by Crippen LogP contribution is 2.44. The van der Waals surface area contributed by atoms with Crippen molar-refractivity contribution in [2.24, 2.45) is 0 Å². The molecule has 1 amide bonds. The number of hydrogen-bond acceptors (Lipinski definition) is 5. The number of nitrogens with one attached hydrogen (secondary N) is 1. The predicted octanol–water partition coefficient (Wildman–Crippen LogP) is 5.21. The molecule has 1 aromatic heterocycles. The minimum atomic E-state index is -2.62. The van der Waals surface area contributed by atoms with Crippen LogP contribution in [0.25, 0.3) is 0 Å². The molecule has 0 saturated carbocycles. The largest absolute Gasteiger partial charge is 0.462 e. The maximum absolute atomic E-state index is 13.3. The van der Waals surface area contributed by atoms with Crippen molar-refractivity contribution < 1.29 is 18.7 Å². The third-order valence-corrected chi connectivity index (χ3v) is 10.5. The lowest BCUT2D eigenvalue weighted by atomic mass is 10.2. The first kappa shape index (κ1) is 27.6. The molecule has 6 nitrogen and oxygen atoms in total. The smallest absolute Gasteiger partial charge is 0.360 e. The fraction of sp³-hybridized carbons (Fsp3) is 0.0588. The van der Waals surface area contributed by atoms with Crippen LogP contribution in [0.1, 0.15) is 33.4 Å². The van der Waals surface area contributed by atoms with Crippen molar-refractivity contribution in [3.63, 3.8) is 0 Å². The lowest BCUT2D eigenvalue weighted by Gasteiger charge is -2.28. The maximum atomic E-state index is 13.3. The Balaban J connectivity index is 1.79. The Morgan fingerprint density at radius 2 is 1.22 bits per heavy atom. The van der Waals surface area contributed by atoms with Crippen molar-refractivity contribution >= 4 is 46.2 Å². The van der Waals surface area contributed by atoms with Gasteiger partial charge >= 0.3 is 11.6 Å². The van der Waals surface area contributed by atoms with Crippen LogP contribution in [-0.4, -0.2) is 24.3 Å². The van der Waals surface area contributed by atoms with E-state index < -0.39 is 24.4 Å². The number of hydrogen-bond donors (Lipinski definition) is 1. The predicted molar refractivity (Wildman–Crippen MR) is 166 cm³/mol. The summed E-state index contributed by atoms with van der Waals surface area (Å²) in [6, 6.07) is 39.7. The molecule has 204 valence electrons. The third-order valence-electron chi connectivity index (χ3n) is 6.56. The van der Waals surface area contributed by atoms with Gasteiger partial charge in [0.25, 0.3) is 5.91 Å². The number of carbonyl (C=O) groups is 2. The zero-order chi connectivity index (χ0) is 28.7. The Kier molecular flexibility index (Phi) is 8.42. The summed E-state index contributed by atoms with van der Waals surface area (Å²) in [7, 11) is 0. The fourth-order valence-electron chi connectivity index (χ4n) is 4.66. The van der Waals surface area contributed by atoms with Gasteiger partial charge in [-0.05, 0) is 53.7 Å². The third kappa shape index (κ3) is 5.84. The van der Waals surface area contributed by atoms with Crippen LogP contribution in [0.15, 0.2) is 137 Å². The average molecular weight is 562 g/mol. The van der Waals surface area contributed by atoms with Gasteiger partial charge in [0, 0.05) is 5.56 Å². The van der Waals surface area contributed by atoms with E-state index in [2.05, 4.69) is 5.32 Å². The van der Waals surface area contributed by atoms with Crippen molar-refractivity contribution in [2.45, 2.75) is 6.92 Å². The summed E-state index contributed by atoms with van der Waals surface area (Å²) in [5, 5.41) is 5.62. The molecule has 0 saturated heterocycles. The van der Waals surface area contributed by atoms with Crippen molar-refractivity contribution in [3.05, 3.63) is 155 Å². The Labute approximate surface area is 238 Å². The lowest BCUT2D eigenvalue weighted by Crippen LogP contribution is -2.28. The molecule has 0 aliphatic heterocycles. The van der Waals surface area contributed by atoms with E-state index in [0.717, 1.165) is 15.9 Å². The van der Waals surface area contributed by atoms with Gasteiger partial charge in [0.2, 0.25) is 0 Å². The summed E-state index contributed by atoms with van der Waals surface area (Å²) in [6.07, 6.45) is 0. The second kappa shape index (κ2) is 12.5. The van der Waals surface area contributed by atoms with Crippen LogP contribution in [0, 0.1) is 0 Å². The first-order chi connectivity index (χ1) is 20.0. The van der Waals surface area contributed by atoms with E-state index in [4.69, 9.17) is 9.15 Å². The summed E-state index contributed by atoms with van der Waals surface area (Å²) in [5.74, 6) is 0.814. The molecule has 41 heavy (non-hydrogen) atoms. The Hall–Kier alpha value is -4.93. The van der Waals surface area contributed by atoms with Crippen LogP contribution >= 0.6 is 6.89 Å². The van der Waals surface area contributed by atoms with Gasteiger partial charge in [-0.15, -0.1) is 0 Å². The van der Waals surface area contributed by atoms with Gasteiger partial charge in [0.1, 0.15) is 17.0 Å². The van der Waals surface area contributed by atoms with Gasteiger partial charge in [0.15, 0.2) is 0 Å². The number of amides is 1. The molecule has 0 aliphatic carbocycles. The molecule has 5 rings (SSSR count). The second-order valence-corrected chi connectivity index (χ2v) is 12.4. The summed E-state index contributed by atoms with van der Waals surface area (Å²) in [5.41, 5.74) is -0.521. The van der Waals surface area contributed by atoms with Crippen LogP contribution in [0.4, 0.5) is 5.69 Å². The quantitative estimate of drug-likeness (QED) is 0.208. The Morgan fingerprint density at radius 3 is 1.68 bits per heavy atom. The average Bonchev–Trinajstić information content (AvgIpc) is 3.02. The summed E-state index contributed by atoms with van der Waals surface area (Å²) in [4.78, 5) is 39.4. The zero-order valence-electron chi connectivity index (χ0n) is 22.4. The van der Waals surface area contributed by atoms with E-state index in [1.165, 1.54) is 6.07 Å². The van der Waals surface area contributed by atoms with E-state index in [9.17, 15) is 14.4 Å². The number of rotatable bonds is 8. The van der Waals surface area contributed by atoms with E-state index in [-0.39, 0.29) is 23.6 Å². The first-order valence-corrected chi connectivity index (χ1v) is 15.0. The maximum Gasteiger partial charge on any atom is 0.360 e. The monoisotopic (exact) mass is 561 g/mol. The number of benzene rings is 4. The fourth-order valence-corrected chi connectivity index (χ4v) is 8.47. The van der Waals surface area contributed by atoms with Gasteiger partial charge in [-0.2, -0.15) is 0 Å². The molecule has 1 heterocycles. The standard InChI is InChI=1S/C34H28NO5P/c1-2-39-33(37)29-23-30(35-32(36)25-15-7-3-8-16-25)34(38)40-31(29)24-41(26-17-9-4-10-18-26,27-19-11-5-12-20-27)28-21-13-6-14-22-28/h3-24H,2H2,1H3,(H,35,36). The Morgan fingerprint density at radius 1 is 0.756 bits per heavy atom. The molecule has 4 aromatic carbocycles. The zero-order valence-corrected chi connectivity index (χ0v) is 23.3. The van der Waals surface area contributed by atoms with Crippen LogP contribution in [0.5, 0.6) is 0 Å². The van der Waals surface area contributed by atoms with Gasteiger partial charge < -0.3 is 14.5 Å². The molecule has 5 aromatic rings. The van der Waals surface area contributed by atoms with Crippen LogP contribution in [0.3, 0.4) is 0 Å². The highest BCUT2D eigenvalue weighted by atomic mass is 31.2. The van der Waals surface area contributed by atoms with Crippen molar-refractivity contribution in [1.82, 2.24) is 0 Å². The van der Waals surface area contributed by atoms with Gasteiger partial charge in [-0.1, -0.05) is 109 Å². The van der Waals surface area contributed by atoms with E-state index in [0.29, 0.717) is 5.56 Å². The highest BCUT2D eigenvalue weighted by molar-refractivity contribution is 7.94. The van der Waals surface area contributed by atoms with Crippen molar-refractivity contribution in [2.75, 3.05) is 11.9 Å². The summed E-state index contributed by atoms with van der Waals surface area (Å²) >= 11 is 0. The topological polar surface area (TPSA) is 85.6 Å². The molecular weight excluding hydrogens is 533 g/mol. The summed E-state index contributed by atoms with van der Waals surface area (Å²) < 4.78 is 11.2. The number of ether oxygens (including phenoxy) is 1.